The van der Waals surface area contributed by atoms with E-state index in [1.807, 2.05) is 84.9 Å². The number of para-hydroxylation sites is 1. The molecule has 0 saturated carbocycles. The number of ketones is 1. The fourth-order valence-electron chi connectivity index (χ4n) is 4.24. The van der Waals surface area contributed by atoms with Crippen molar-refractivity contribution in [1.82, 2.24) is 15.1 Å². The number of benzene rings is 3. The number of carbonyl (C=O) groups excluding carboxylic acids is 2. The zero-order chi connectivity index (χ0) is 28.5. The van der Waals surface area contributed by atoms with Crippen LogP contribution in [0.3, 0.4) is 0 Å². The lowest BCUT2D eigenvalue weighted by Crippen LogP contribution is -2.45. The molecule has 0 saturated heterocycles. The number of aliphatic hydroxyl groups excluding tert-OH is 1. The number of aromatic nitrogens is 2. The molecule has 1 amide bonds. The Labute approximate surface area is 233 Å². The van der Waals surface area contributed by atoms with Crippen LogP contribution in [0.15, 0.2) is 104 Å². The summed E-state index contributed by atoms with van der Waals surface area (Å²) in [6, 6.07) is 27.2. The van der Waals surface area contributed by atoms with Gasteiger partial charge in [-0.1, -0.05) is 66.7 Å². The van der Waals surface area contributed by atoms with Crippen LogP contribution in [0.4, 0.5) is 0 Å². The van der Waals surface area contributed by atoms with Crippen molar-refractivity contribution < 1.29 is 24.2 Å². The number of rotatable bonds is 13. The van der Waals surface area contributed by atoms with Crippen LogP contribution < -0.4 is 14.8 Å². The summed E-state index contributed by atoms with van der Waals surface area (Å²) in [6.45, 7) is 5.45. The van der Waals surface area contributed by atoms with E-state index in [0.717, 1.165) is 22.6 Å². The first-order valence-electron chi connectivity index (χ1n) is 13.0. The van der Waals surface area contributed by atoms with Crippen LogP contribution >= 0.6 is 0 Å². The quantitative estimate of drug-likeness (QED) is 0.241. The third-order valence-electron chi connectivity index (χ3n) is 6.53. The van der Waals surface area contributed by atoms with Crippen LogP contribution in [0.2, 0.25) is 0 Å². The smallest absolute Gasteiger partial charge is 0.230 e. The fraction of sp³-hybridized carbons (Fsp3) is 0.219. The molecule has 8 nitrogen and oxygen atoms in total. The maximum atomic E-state index is 13.2. The predicted molar refractivity (Wildman–Crippen MR) is 152 cm³/mol. The lowest BCUT2D eigenvalue weighted by molar-refractivity contribution is -0.130. The second-order valence-electron chi connectivity index (χ2n) is 9.36. The first kappa shape index (κ1) is 28.3. The van der Waals surface area contributed by atoms with Crippen LogP contribution in [0, 0.1) is 5.92 Å². The van der Waals surface area contributed by atoms with E-state index in [0.29, 0.717) is 12.3 Å². The number of amides is 1. The van der Waals surface area contributed by atoms with Crippen molar-refractivity contribution in [3.8, 4) is 17.3 Å². The van der Waals surface area contributed by atoms with E-state index in [2.05, 4.69) is 17.0 Å². The third kappa shape index (κ3) is 7.03. The van der Waals surface area contributed by atoms with Gasteiger partial charge in [-0.05, 0) is 48.7 Å². The van der Waals surface area contributed by atoms with Gasteiger partial charge in [-0.25, -0.2) is 4.68 Å². The van der Waals surface area contributed by atoms with Crippen molar-refractivity contribution in [3.05, 3.63) is 120 Å². The molecule has 206 valence electrons. The Morgan fingerprint density at radius 1 is 1.00 bits per heavy atom. The van der Waals surface area contributed by atoms with E-state index < -0.39 is 24.0 Å². The number of hydrogen-bond acceptors (Lipinski definition) is 6. The molecule has 4 rings (SSSR count). The number of nitrogens with zero attached hydrogens (tertiary/aromatic N) is 2. The average Bonchev–Trinajstić information content (AvgIpc) is 3.41. The number of ether oxygens (including phenoxy) is 2. The van der Waals surface area contributed by atoms with Gasteiger partial charge in [0, 0.05) is 6.07 Å². The Kier molecular flexibility index (Phi) is 9.48. The Balaban J connectivity index is 1.55. The Hall–Kier alpha value is -4.69. The highest BCUT2D eigenvalue weighted by molar-refractivity contribution is 5.89. The third-order valence-corrected chi connectivity index (χ3v) is 6.53. The van der Waals surface area contributed by atoms with Gasteiger partial charge in [0.05, 0.1) is 30.5 Å². The number of methoxy groups -OCH3 is 1. The van der Waals surface area contributed by atoms with Crippen LogP contribution in [0.1, 0.15) is 29.8 Å². The summed E-state index contributed by atoms with van der Waals surface area (Å²) in [6.07, 6.45) is 0.377. The highest BCUT2D eigenvalue weighted by Crippen LogP contribution is 2.29. The topological polar surface area (TPSA) is 103 Å². The van der Waals surface area contributed by atoms with E-state index >= 15 is 0 Å². The van der Waals surface area contributed by atoms with Gasteiger partial charge in [0.25, 0.3) is 0 Å². The molecule has 3 atom stereocenters. The number of nitrogens with one attached hydrogen (secondary N) is 1. The number of hydrogen-bond donors (Lipinski definition) is 2. The van der Waals surface area contributed by atoms with E-state index in [4.69, 9.17) is 9.47 Å². The molecule has 0 unspecified atom stereocenters. The second kappa shape index (κ2) is 13.4. The van der Waals surface area contributed by atoms with Gasteiger partial charge in [-0.15, -0.1) is 6.58 Å². The van der Waals surface area contributed by atoms with Crippen LogP contribution in [0.5, 0.6) is 11.6 Å². The van der Waals surface area contributed by atoms with Crippen molar-refractivity contribution >= 4 is 11.7 Å². The Morgan fingerprint density at radius 3 is 2.25 bits per heavy atom. The van der Waals surface area contributed by atoms with Gasteiger partial charge in [0.1, 0.15) is 18.5 Å². The first-order chi connectivity index (χ1) is 19.4. The molecule has 1 heterocycles. The summed E-state index contributed by atoms with van der Waals surface area (Å²) in [7, 11) is 1.61. The van der Waals surface area contributed by atoms with Crippen molar-refractivity contribution in [1.29, 1.82) is 0 Å². The summed E-state index contributed by atoms with van der Waals surface area (Å²) in [5.41, 5.74) is 2.79. The lowest BCUT2D eigenvalue weighted by atomic mass is 9.97. The molecule has 40 heavy (non-hydrogen) atoms. The Bertz CT molecular complexity index is 1420. The molecule has 0 aliphatic rings. The minimum Gasteiger partial charge on any atom is -0.497 e. The monoisotopic (exact) mass is 539 g/mol. The summed E-state index contributed by atoms with van der Waals surface area (Å²) < 4.78 is 12.9. The van der Waals surface area contributed by atoms with Gasteiger partial charge >= 0.3 is 0 Å². The SMILES string of the molecule is C=C[C@H](C(=O)N[C@@H](Cc1ccccc1)C(C)=O)[C@H](O)c1cc(OCc2ccc(OC)cc2)n(-c2ccccc2)n1. The number of aliphatic hydroxyl groups is 1. The van der Waals surface area contributed by atoms with Gasteiger partial charge in [-0.2, -0.15) is 5.10 Å². The molecule has 0 spiro atoms. The van der Waals surface area contributed by atoms with E-state index in [1.165, 1.54) is 13.0 Å². The molecule has 0 aliphatic heterocycles. The average molecular weight is 540 g/mol. The van der Waals surface area contributed by atoms with Gasteiger partial charge in [0.15, 0.2) is 5.78 Å². The molecule has 0 bridgehead atoms. The Morgan fingerprint density at radius 2 is 1.65 bits per heavy atom. The highest BCUT2D eigenvalue weighted by atomic mass is 16.5. The van der Waals surface area contributed by atoms with E-state index in [9.17, 15) is 14.7 Å². The van der Waals surface area contributed by atoms with Gasteiger partial charge < -0.3 is 19.9 Å². The van der Waals surface area contributed by atoms with Gasteiger partial charge in [0.2, 0.25) is 11.8 Å². The standard InChI is InChI=1S/C32H33N3O5/c1-4-27(32(38)33-28(22(2)36)19-23-11-7-5-8-12-23)31(37)29-20-30(35(34-29)25-13-9-6-10-14-25)40-21-24-15-17-26(39-3)18-16-24/h4-18,20,27-28,31,37H,1,19,21H2,2-3H3,(H,33,38)/t27-,28-,31-/m0/s1. The summed E-state index contributed by atoms with van der Waals surface area (Å²) in [4.78, 5) is 25.6. The van der Waals surface area contributed by atoms with Crippen molar-refractivity contribution in [2.24, 2.45) is 5.92 Å². The molecule has 3 aromatic carbocycles. The zero-order valence-corrected chi connectivity index (χ0v) is 22.6. The van der Waals surface area contributed by atoms with Crippen LogP contribution in [-0.2, 0) is 22.6 Å². The summed E-state index contributed by atoms with van der Waals surface area (Å²) in [5, 5.41) is 18.6. The van der Waals surface area contributed by atoms with Gasteiger partial charge in [-0.3, -0.25) is 9.59 Å². The number of Topliss-reactive ketones (excluding diaryl/α,β-unsaturated/α-hetero) is 1. The predicted octanol–water partition coefficient (Wildman–Crippen LogP) is 4.61. The van der Waals surface area contributed by atoms with Crippen molar-refractivity contribution in [2.75, 3.05) is 7.11 Å². The molecule has 4 aromatic rings. The highest BCUT2D eigenvalue weighted by Gasteiger charge is 2.31. The summed E-state index contributed by atoms with van der Waals surface area (Å²) in [5.74, 6) is -0.616. The molecule has 0 aliphatic carbocycles. The zero-order valence-electron chi connectivity index (χ0n) is 22.6. The normalized spacial score (nSPS) is 13.1. The molecule has 0 fully saturated rings. The van der Waals surface area contributed by atoms with E-state index in [-0.39, 0.29) is 18.1 Å². The molecule has 0 radical (unpaired) electrons. The largest absolute Gasteiger partial charge is 0.497 e. The lowest BCUT2D eigenvalue weighted by Gasteiger charge is -2.22. The van der Waals surface area contributed by atoms with Crippen LogP contribution in [0.25, 0.3) is 5.69 Å². The fourth-order valence-corrected chi connectivity index (χ4v) is 4.24. The minimum atomic E-state index is -1.32. The minimum absolute atomic E-state index is 0.183. The van der Waals surface area contributed by atoms with Crippen LogP contribution in [-0.4, -0.2) is 39.7 Å². The van der Waals surface area contributed by atoms with Crippen molar-refractivity contribution in [3.63, 3.8) is 0 Å². The first-order valence-corrected chi connectivity index (χ1v) is 13.0. The molecule has 8 heteroatoms. The molecular weight excluding hydrogens is 506 g/mol. The molecule has 2 N–H and O–H groups in total. The number of carbonyl (C=O) groups is 2. The van der Waals surface area contributed by atoms with E-state index in [1.54, 1.807) is 17.9 Å². The molecule has 1 aromatic heterocycles. The molecular formula is C32H33N3O5. The maximum Gasteiger partial charge on any atom is 0.230 e. The van der Waals surface area contributed by atoms with Crippen molar-refractivity contribution in [2.45, 2.75) is 32.1 Å². The maximum absolute atomic E-state index is 13.2. The second-order valence-corrected chi connectivity index (χ2v) is 9.36. The summed E-state index contributed by atoms with van der Waals surface area (Å²) >= 11 is 0.